The summed E-state index contributed by atoms with van der Waals surface area (Å²) in [5.74, 6) is -0.698. The van der Waals surface area contributed by atoms with Crippen LogP contribution >= 0.6 is 15.9 Å². The zero-order valence-corrected chi connectivity index (χ0v) is 11.9. The van der Waals surface area contributed by atoms with Gasteiger partial charge in [0, 0.05) is 22.8 Å². The quantitative estimate of drug-likeness (QED) is 0.864. The van der Waals surface area contributed by atoms with E-state index in [0.717, 1.165) is 0 Å². The molecule has 0 N–H and O–H groups in total. The van der Waals surface area contributed by atoms with Crippen molar-refractivity contribution >= 4 is 27.5 Å². The summed E-state index contributed by atoms with van der Waals surface area (Å²) in [6.07, 6.45) is 3.25. The first kappa shape index (κ1) is 13.7. The predicted molar refractivity (Wildman–Crippen MR) is 75.7 cm³/mol. The first-order chi connectivity index (χ1) is 9.11. The molecule has 1 aromatic carbocycles. The Labute approximate surface area is 119 Å². The minimum Gasteiger partial charge on any atom is -0.307 e. The molecule has 0 spiro atoms. The zero-order chi connectivity index (χ0) is 13.8. The molecule has 1 amide bonds. The van der Waals surface area contributed by atoms with Crippen LogP contribution in [-0.4, -0.2) is 17.4 Å². The van der Waals surface area contributed by atoms with Gasteiger partial charge in [0.2, 0.25) is 0 Å². The third kappa shape index (κ3) is 3.17. The Morgan fingerprint density at radius 2 is 2.21 bits per heavy atom. The smallest absolute Gasteiger partial charge is 0.258 e. The van der Waals surface area contributed by atoms with E-state index in [-0.39, 0.29) is 5.91 Å². The lowest BCUT2D eigenvalue weighted by Crippen LogP contribution is -2.30. The first-order valence-corrected chi connectivity index (χ1v) is 6.59. The molecule has 0 fully saturated rings. The fourth-order valence-corrected chi connectivity index (χ4v) is 2.26. The SMILES string of the molecule is CCN(C(=O)c1cc(F)cc(Br)c1)c1cccnc1. The molecule has 0 atom stereocenters. The molecule has 0 aliphatic carbocycles. The van der Waals surface area contributed by atoms with Crippen molar-refractivity contribution < 1.29 is 9.18 Å². The van der Waals surface area contributed by atoms with Gasteiger partial charge in [-0.1, -0.05) is 15.9 Å². The van der Waals surface area contributed by atoms with Crippen LogP contribution in [0.4, 0.5) is 10.1 Å². The third-order valence-corrected chi connectivity index (χ3v) is 3.09. The summed E-state index contributed by atoms with van der Waals surface area (Å²) in [5.41, 5.74) is 0.993. The number of benzene rings is 1. The second-order valence-corrected chi connectivity index (χ2v) is 4.83. The molecular weight excluding hydrogens is 311 g/mol. The molecule has 0 aliphatic heterocycles. The number of carbonyl (C=O) groups is 1. The van der Waals surface area contributed by atoms with Crippen LogP contribution < -0.4 is 4.90 Å². The van der Waals surface area contributed by atoms with E-state index in [1.807, 2.05) is 6.92 Å². The summed E-state index contributed by atoms with van der Waals surface area (Å²) in [5, 5.41) is 0. The molecule has 1 heterocycles. The summed E-state index contributed by atoms with van der Waals surface area (Å²) in [6, 6.07) is 7.70. The van der Waals surface area contributed by atoms with Gasteiger partial charge in [0.1, 0.15) is 5.82 Å². The van der Waals surface area contributed by atoms with Crippen LogP contribution in [0.2, 0.25) is 0 Å². The number of carbonyl (C=O) groups excluding carboxylic acids is 1. The second kappa shape index (κ2) is 5.93. The molecule has 3 nitrogen and oxygen atoms in total. The zero-order valence-electron chi connectivity index (χ0n) is 10.3. The van der Waals surface area contributed by atoms with Gasteiger partial charge in [-0.2, -0.15) is 0 Å². The predicted octanol–water partition coefficient (Wildman–Crippen LogP) is 3.65. The normalized spacial score (nSPS) is 10.3. The van der Waals surface area contributed by atoms with Gasteiger partial charge >= 0.3 is 0 Å². The van der Waals surface area contributed by atoms with E-state index < -0.39 is 5.82 Å². The van der Waals surface area contributed by atoms with Crippen LogP contribution in [0.1, 0.15) is 17.3 Å². The first-order valence-electron chi connectivity index (χ1n) is 5.80. The molecule has 0 saturated carbocycles. The van der Waals surface area contributed by atoms with Gasteiger partial charge in [-0.05, 0) is 37.3 Å². The summed E-state index contributed by atoms with van der Waals surface area (Å²) in [6.45, 7) is 2.35. The van der Waals surface area contributed by atoms with Crippen LogP contribution in [0.25, 0.3) is 0 Å². The monoisotopic (exact) mass is 322 g/mol. The number of anilines is 1. The number of amides is 1. The average molecular weight is 323 g/mol. The fourth-order valence-electron chi connectivity index (χ4n) is 1.79. The highest BCUT2D eigenvalue weighted by Gasteiger charge is 2.17. The molecule has 2 rings (SSSR count). The van der Waals surface area contributed by atoms with Crippen molar-refractivity contribution in [3.05, 3.63) is 58.6 Å². The summed E-state index contributed by atoms with van der Waals surface area (Å²) in [7, 11) is 0. The number of hydrogen-bond donors (Lipinski definition) is 0. The van der Waals surface area contributed by atoms with Crippen LogP contribution in [-0.2, 0) is 0 Å². The van der Waals surface area contributed by atoms with E-state index in [1.165, 1.54) is 12.1 Å². The lowest BCUT2D eigenvalue weighted by Gasteiger charge is -2.20. The molecular formula is C14H12BrFN2O. The highest BCUT2D eigenvalue weighted by atomic mass is 79.9. The molecule has 2 aromatic rings. The maximum atomic E-state index is 13.3. The van der Waals surface area contributed by atoms with Gasteiger partial charge in [-0.15, -0.1) is 0 Å². The molecule has 0 unspecified atom stereocenters. The number of rotatable bonds is 3. The van der Waals surface area contributed by atoms with Gasteiger partial charge < -0.3 is 4.90 Å². The highest BCUT2D eigenvalue weighted by molar-refractivity contribution is 9.10. The van der Waals surface area contributed by atoms with Gasteiger partial charge in [0.15, 0.2) is 0 Å². The van der Waals surface area contributed by atoms with E-state index in [1.54, 1.807) is 35.5 Å². The molecule has 19 heavy (non-hydrogen) atoms. The Bertz CT molecular complexity index is 569. The molecule has 0 aliphatic rings. The largest absolute Gasteiger partial charge is 0.307 e. The maximum absolute atomic E-state index is 13.3. The van der Waals surface area contributed by atoms with E-state index >= 15 is 0 Å². The summed E-state index contributed by atoms with van der Waals surface area (Å²) in [4.78, 5) is 17.9. The molecule has 5 heteroatoms. The molecule has 0 saturated heterocycles. The van der Waals surface area contributed by atoms with Gasteiger partial charge in [0.05, 0.1) is 11.9 Å². The minimum absolute atomic E-state index is 0.254. The summed E-state index contributed by atoms with van der Waals surface area (Å²) >= 11 is 3.19. The number of nitrogens with zero attached hydrogens (tertiary/aromatic N) is 2. The number of pyridine rings is 1. The number of hydrogen-bond acceptors (Lipinski definition) is 2. The van der Waals surface area contributed by atoms with Crippen LogP contribution in [0.5, 0.6) is 0 Å². The van der Waals surface area contributed by atoms with Crippen LogP contribution in [0.3, 0.4) is 0 Å². The van der Waals surface area contributed by atoms with Crippen molar-refractivity contribution in [3.63, 3.8) is 0 Å². The molecule has 98 valence electrons. The van der Waals surface area contributed by atoms with Gasteiger partial charge in [0.25, 0.3) is 5.91 Å². The lowest BCUT2D eigenvalue weighted by molar-refractivity contribution is 0.0987. The van der Waals surface area contributed by atoms with Crippen LogP contribution in [0.15, 0.2) is 47.2 Å². The fraction of sp³-hybridized carbons (Fsp3) is 0.143. The molecule has 0 radical (unpaired) electrons. The second-order valence-electron chi connectivity index (χ2n) is 3.92. The number of halogens is 2. The van der Waals surface area contributed by atoms with Crippen molar-refractivity contribution in [1.29, 1.82) is 0 Å². The van der Waals surface area contributed by atoms with Crippen molar-refractivity contribution in [2.24, 2.45) is 0 Å². The van der Waals surface area contributed by atoms with Crippen molar-refractivity contribution in [2.45, 2.75) is 6.92 Å². The Morgan fingerprint density at radius 1 is 1.42 bits per heavy atom. The standard InChI is InChI=1S/C14H12BrFN2O/c1-2-18(13-4-3-5-17-9-13)14(19)10-6-11(15)8-12(16)7-10/h3-9H,2H2,1H3. The maximum Gasteiger partial charge on any atom is 0.258 e. The van der Waals surface area contributed by atoms with E-state index in [9.17, 15) is 9.18 Å². The summed E-state index contributed by atoms with van der Waals surface area (Å²) < 4.78 is 13.9. The van der Waals surface area contributed by atoms with Gasteiger partial charge in [-0.25, -0.2) is 4.39 Å². The Hall–Kier alpha value is -1.75. The Kier molecular flexibility index (Phi) is 4.27. The highest BCUT2D eigenvalue weighted by Crippen LogP contribution is 2.19. The average Bonchev–Trinajstić information content (AvgIpc) is 2.39. The Morgan fingerprint density at radius 3 is 2.79 bits per heavy atom. The Balaban J connectivity index is 2.36. The van der Waals surface area contributed by atoms with E-state index in [2.05, 4.69) is 20.9 Å². The minimum atomic E-state index is -0.444. The lowest BCUT2D eigenvalue weighted by atomic mass is 10.2. The topological polar surface area (TPSA) is 33.2 Å². The van der Waals surface area contributed by atoms with E-state index in [0.29, 0.717) is 22.3 Å². The van der Waals surface area contributed by atoms with Crippen LogP contribution in [0, 0.1) is 5.82 Å². The van der Waals surface area contributed by atoms with Crippen molar-refractivity contribution in [3.8, 4) is 0 Å². The number of aromatic nitrogens is 1. The third-order valence-electron chi connectivity index (χ3n) is 2.63. The van der Waals surface area contributed by atoms with Crippen molar-refractivity contribution in [1.82, 2.24) is 4.98 Å². The van der Waals surface area contributed by atoms with Crippen molar-refractivity contribution in [2.75, 3.05) is 11.4 Å². The van der Waals surface area contributed by atoms with Gasteiger partial charge in [-0.3, -0.25) is 9.78 Å². The molecule has 1 aromatic heterocycles. The molecule has 0 bridgehead atoms. The van der Waals surface area contributed by atoms with E-state index in [4.69, 9.17) is 0 Å².